The number of carbonyl (C=O) groups excluding carboxylic acids is 2. The summed E-state index contributed by atoms with van der Waals surface area (Å²) in [6, 6.07) is 6.13. The van der Waals surface area contributed by atoms with E-state index in [-0.39, 0.29) is 36.2 Å². The molecule has 0 radical (unpaired) electrons. The zero-order valence-electron chi connectivity index (χ0n) is 19.4. The summed E-state index contributed by atoms with van der Waals surface area (Å²) in [5, 5.41) is 16.9. The quantitative estimate of drug-likeness (QED) is 0.206. The zero-order valence-corrected chi connectivity index (χ0v) is 19.4. The summed E-state index contributed by atoms with van der Waals surface area (Å²) in [5.74, 6) is 11.4. The number of nitrogens with one attached hydrogen (secondary N) is 1. The minimum atomic E-state index is -0.464. The molecule has 0 aromatic carbocycles. The van der Waals surface area contributed by atoms with E-state index in [1.807, 2.05) is 0 Å². The van der Waals surface area contributed by atoms with E-state index in [0.29, 0.717) is 25.2 Å². The number of hydrogen-bond acceptors (Lipinski definition) is 9. The highest BCUT2D eigenvalue weighted by Gasteiger charge is 2.24. The topological polar surface area (TPSA) is 172 Å². The van der Waals surface area contributed by atoms with Crippen LogP contribution in [-0.2, 0) is 17.7 Å². The minimum Gasteiger partial charge on any atom is -0.447 e. The Bertz CT molecular complexity index is 1070. The van der Waals surface area contributed by atoms with Crippen molar-refractivity contribution in [3.05, 3.63) is 53.0 Å². The molecule has 1 atom stereocenters. The molecule has 0 fully saturated rings. The van der Waals surface area contributed by atoms with Crippen LogP contribution in [0.1, 0.15) is 48.1 Å². The van der Waals surface area contributed by atoms with Gasteiger partial charge in [0.1, 0.15) is 17.2 Å². The fourth-order valence-electron chi connectivity index (χ4n) is 3.36. The number of nitrogens with two attached hydrogens (primary N) is 2. The fourth-order valence-corrected chi connectivity index (χ4v) is 3.36. The number of aromatic nitrogens is 2. The van der Waals surface area contributed by atoms with Gasteiger partial charge in [0.2, 0.25) is 0 Å². The Labute approximate surface area is 197 Å². The number of rotatable bonds is 6. The van der Waals surface area contributed by atoms with Gasteiger partial charge in [-0.25, -0.2) is 15.6 Å². The van der Waals surface area contributed by atoms with Gasteiger partial charge in [0, 0.05) is 19.3 Å². The maximum absolute atomic E-state index is 12.9. The normalized spacial score (nSPS) is 14.4. The van der Waals surface area contributed by atoms with Gasteiger partial charge in [-0.15, -0.1) is 0 Å². The molecule has 12 nitrogen and oxygen atoms in total. The first-order chi connectivity index (χ1) is 16.2. The number of carbonyl (C=O) groups is 2. The van der Waals surface area contributed by atoms with Crippen LogP contribution >= 0.6 is 0 Å². The number of ether oxygens (including phenoxy) is 1. The summed E-state index contributed by atoms with van der Waals surface area (Å²) in [5.41, 5.74) is 2.33. The number of anilines is 1. The number of amidine groups is 1. The van der Waals surface area contributed by atoms with E-state index < -0.39 is 11.9 Å². The van der Waals surface area contributed by atoms with Crippen molar-refractivity contribution >= 4 is 23.7 Å². The molecular formula is C22H30N8O4. The number of pyridine rings is 2. The van der Waals surface area contributed by atoms with Crippen LogP contribution in [0.15, 0.2) is 35.6 Å². The molecule has 2 amide bonds. The second-order valence-electron chi connectivity index (χ2n) is 8.20. The summed E-state index contributed by atoms with van der Waals surface area (Å²) in [4.78, 5) is 35.3. The Morgan fingerprint density at radius 1 is 1.29 bits per heavy atom. The molecule has 12 heteroatoms. The van der Waals surface area contributed by atoms with Crippen molar-refractivity contribution in [1.82, 2.24) is 19.9 Å². The molecule has 6 N–H and O–H groups in total. The molecule has 182 valence electrons. The molecule has 2 aromatic rings. The van der Waals surface area contributed by atoms with Crippen LogP contribution in [0.25, 0.3) is 0 Å². The summed E-state index contributed by atoms with van der Waals surface area (Å²) in [6.07, 6.45) is 1.69. The molecule has 0 spiro atoms. The number of aliphatic hydroxyl groups excluding tert-OH is 1. The fraction of sp³-hybridized carbons (Fsp3) is 0.409. The lowest BCUT2D eigenvalue weighted by Gasteiger charge is -2.28. The summed E-state index contributed by atoms with van der Waals surface area (Å²) in [7, 11) is 0. The number of fused-ring (bicyclic) bond motifs is 1. The lowest BCUT2D eigenvalue weighted by molar-refractivity contribution is 0.0729. The third-order valence-corrected chi connectivity index (χ3v) is 5.25. The van der Waals surface area contributed by atoms with E-state index in [1.165, 1.54) is 5.01 Å². The summed E-state index contributed by atoms with van der Waals surface area (Å²) < 4.78 is 5.28. The predicted octanol–water partition coefficient (Wildman–Crippen LogP) is 0.809. The van der Waals surface area contributed by atoms with Gasteiger partial charge in [0.15, 0.2) is 5.84 Å². The molecule has 3 heterocycles. The monoisotopic (exact) mass is 470 g/mol. The minimum absolute atomic E-state index is 0.151. The number of hydrazine groups is 1. The predicted molar refractivity (Wildman–Crippen MR) is 125 cm³/mol. The Balaban J connectivity index is 1.75. The summed E-state index contributed by atoms with van der Waals surface area (Å²) >= 11 is 0. The van der Waals surface area contributed by atoms with Crippen molar-refractivity contribution in [2.24, 2.45) is 16.8 Å². The van der Waals surface area contributed by atoms with Gasteiger partial charge in [-0.2, -0.15) is 5.10 Å². The number of amides is 2. The van der Waals surface area contributed by atoms with Crippen LogP contribution < -0.4 is 17.0 Å². The van der Waals surface area contributed by atoms with Crippen LogP contribution in [0.4, 0.5) is 10.6 Å². The van der Waals surface area contributed by atoms with Crippen molar-refractivity contribution in [2.45, 2.75) is 45.9 Å². The van der Waals surface area contributed by atoms with Gasteiger partial charge in [-0.3, -0.25) is 14.8 Å². The largest absolute Gasteiger partial charge is 0.447 e. The highest BCUT2D eigenvalue weighted by atomic mass is 16.6. The molecule has 3 rings (SSSR count). The number of hydrazone groups is 1. The van der Waals surface area contributed by atoms with E-state index in [4.69, 9.17) is 16.4 Å². The van der Waals surface area contributed by atoms with Crippen molar-refractivity contribution in [2.75, 3.05) is 18.5 Å². The third kappa shape index (κ3) is 5.77. The SMILES string of the molecule is CC(C)OC(=O)N1CCc2cnc(C(=O)Nc3cccc(/C(=N/N)N(N)C(C)CO)n3)cc2C1. The maximum atomic E-state index is 12.9. The van der Waals surface area contributed by atoms with E-state index in [0.717, 1.165) is 11.1 Å². The number of hydrogen-bond donors (Lipinski definition) is 4. The molecule has 2 aromatic heterocycles. The van der Waals surface area contributed by atoms with Crippen molar-refractivity contribution in [3.63, 3.8) is 0 Å². The molecule has 1 unspecified atom stereocenters. The Hall–Kier alpha value is -3.77. The van der Waals surface area contributed by atoms with E-state index in [9.17, 15) is 14.7 Å². The van der Waals surface area contributed by atoms with Gasteiger partial charge in [-0.1, -0.05) is 6.07 Å². The lowest BCUT2D eigenvalue weighted by atomic mass is 10.0. The van der Waals surface area contributed by atoms with E-state index in [2.05, 4.69) is 20.4 Å². The first kappa shape index (κ1) is 24.9. The lowest BCUT2D eigenvalue weighted by Crippen LogP contribution is -2.47. The highest BCUT2D eigenvalue weighted by Crippen LogP contribution is 2.20. The molecule has 0 saturated heterocycles. The van der Waals surface area contributed by atoms with Gasteiger partial charge < -0.3 is 25.9 Å². The second-order valence-corrected chi connectivity index (χ2v) is 8.20. The van der Waals surface area contributed by atoms with Gasteiger partial charge in [-0.05, 0) is 56.5 Å². The zero-order chi connectivity index (χ0) is 24.8. The van der Waals surface area contributed by atoms with Crippen molar-refractivity contribution < 1.29 is 19.4 Å². The molecular weight excluding hydrogens is 440 g/mol. The van der Waals surface area contributed by atoms with E-state index in [1.54, 1.807) is 56.1 Å². The molecule has 0 saturated carbocycles. The molecule has 0 aliphatic carbocycles. The average molecular weight is 471 g/mol. The first-order valence-electron chi connectivity index (χ1n) is 10.9. The smallest absolute Gasteiger partial charge is 0.410 e. The van der Waals surface area contributed by atoms with Gasteiger partial charge in [0.25, 0.3) is 5.91 Å². The van der Waals surface area contributed by atoms with Crippen LogP contribution in [0, 0.1) is 0 Å². The highest BCUT2D eigenvalue weighted by molar-refractivity contribution is 6.03. The number of nitrogens with zero attached hydrogens (tertiary/aromatic N) is 5. The maximum Gasteiger partial charge on any atom is 0.410 e. The van der Waals surface area contributed by atoms with Crippen LogP contribution in [-0.4, -0.2) is 68.1 Å². The van der Waals surface area contributed by atoms with Gasteiger partial charge in [0.05, 0.1) is 18.8 Å². The Kier molecular flexibility index (Phi) is 7.97. The van der Waals surface area contributed by atoms with Crippen molar-refractivity contribution in [1.29, 1.82) is 0 Å². The molecule has 1 aliphatic rings. The van der Waals surface area contributed by atoms with Crippen LogP contribution in [0.3, 0.4) is 0 Å². The van der Waals surface area contributed by atoms with Gasteiger partial charge >= 0.3 is 6.09 Å². The molecule has 0 bridgehead atoms. The van der Waals surface area contributed by atoms with Crippen LogP contribution in [0.5, 0.6) is 0 Å². The average Bonchev–Trinajstić information content (AvgIpc) is 2.83. The number of aliphatic hydroxyl groups is 1. The summed E-state index contributed by atoms with van der Waals surface area (Å²) in [6.45, 7) is 5.95. The van der Waals surface area contributed by atoms with Crippen LogP contribution in [0.2, 0.25) is 0 Å². The third-order valence-electron chi connectivity index (χ3n) is 5.25. The molecule has 1 aliphatic heterocycles. The molecule has 34 heavy (non-hydrogen) atoms. The van der Waals surface area contributed by atoms with E-state index >= 15 is 0 Å². The first-order valence-corrected chi connectivity index (χ1v) is 10.9. The Morgan fingerprint density at radius 3 is 2.74 bits per heavy atom. The Morgan fingerprint density at radius 2 is 2.06 bits per heavy atom. The second kappa shape index (κ2) is 10.9. The standard InChI is InChI=1S/C22H30N8O4/c1-13(2)34-22(33)29-8-7-15-10-25-18(9-16(15)11-29)21(32)27-19-6-4-5-17(26-19)20(28-23)30(24)14(3)12-31/h4-6,9-10,13-14,31H,7-8,11-12,23-24H2,1-3H3,(H,26,27,32)/b28-20-. The van der Waals surface area contributed by atoms with Crippen molar-refractivity contribution in [3.8, 4) is 0 Å².